The van der Waals surface area contributed by atoms with Crippen LogP contribution in [0, 0.1) is 6.92 Å². The van der Waals surface area contributed by atoms with Crippen LogP contribution in [0.4, 0.5) is 0 Å². The van der Waals surface area contributed by atoms with E-state index in [-0.39, 0.29) is 18.1 Å². The second kappa shape index (κ2) is 4.88. The lowest BCUT2D eigenvalue weighted by Crippen LogP contribution is -2.45. The minimum absolute atomic E-state index is 0.00301. The van der Waals surface area contributed by atoms with Crippen LogP contribution in [0.15, 0.2) is 24.3 Å². The van der Waals surface area contributed by atoms with E-state index in [9.17, 15) is 4.79 Å². The van der Waals surface area contributed by atoms with Gasteiger partial charge in [-0.3, -0.25) is 4.79 Å². The highest BCUT2D eigenvalue weighted by atomic mass is 16.5. The summed E-state index contributed by atoms with van der Waals surface area (Å²) in [6.07, 6.45) is 0.0993. The minimum Gasteiger partial charge on any atom is -0.367 e. The second-order valence-corrected chi connectivity index (χ2v) is 4.77. The van der Waals surface area contributed by atoms with Gasteiger partial charge in [0.25, 0.3) is 0 Å². The van der Waals surface area contributed by atoms with E-state index in [1.807, 2.05) is 11.8 Å². The van der Waals surface area contributed by atoms with Crippen LogP contribution in [0.1, 0.15) is 31.1 Å². The van der Waals surface area contributed by atoms with Crippen LogP contribution in [-0.2, 0) is 9.53 Å². The van der Waals surface area contributed by atoms with E-state index in [0.29, 0.717) is 13.1 Å². The first-order chi connectivity index (χ1) is 8.06. The zero-order chi connectivity index (χ0) is 12.4. The molecule has 0 aliphatic carbocycles. The normalized spacial score (nSPS) is 24.8. The van der Waals surface area contributed by atoms with Gasteiger partial charge in [0.2, 0.25) is 5.91 Å². The highest BCUT2D eigenvalue weighted by Gasteiger charge is 2.27. The molecular formula is C14H19NO2. The van der Waals surface area contributed by atoms with Crippen molar-refractivity contribution in [3.8, 4) is 0 Å². The number of morpholine rings is 1. The van der Waals surface area contributed by atoms with Crippen molar-refractivity contribution in [1.29, 1.82) is 0 Å². The molecule has 1 fully saturated rings. The Morgan fingerprint density at radius 1 is 1.29 bits per heavy atom. The first-order valence-electron chi connectivity index (χ1n) is 6.04. The van der Waals surface area contributed by atoms with Crippen LogP contribution in [0.3, 0.4) is 0 Å². The lowest BCUT2D eigenvalue weighted by atomic mass is 10.0. The smallest absolute Gasteiger partial charge is 0.219 e. The summed E-state index contributed by atoms with van der Waals surface area (Å²) in [4.78, 5) is 13.3. The van der Waals surface area contributed by atoms with Gasteiger partial charge >= 0.3 is 0 Å². The van der Waals surface area contributed by atoms with Gasteiger partial charge in [-0.15, -0.1) is 0 Å². The monoisotopic (exact) mass is 233 g/mol. The molecule has 0 N–H and O–H groups in total. The number of aryl methyl sites for hydroxylation is 1. The van der Waals surface area contributed by atoms with Crippen molar-refractivity contribution in [2.75, 3.05) is 13.1 Å². The van der Waals surface area contributed by atoms with E-state index >= 15 is 0 Å². The molecule has 1 aliphatic rings. The van der Waals surface area contributed by atoms with E-state index in [1.165, 1.54) is 5.56 Å². The fraction of sp³-hybridized carbons (Fsp3) is 0.500. The molecule has 1 saturated heterocycles. The first-order valence-corrected chi connectivity index (χ1v) is 6.04. The number of carbonyl (C=O) groups is 1. The number of benzene rings is 1. The Hall–Kier alpha value is -1.35. The topological polar surface area (TPSA) is 29.5 Å². The van der Waals surface area contributed by atoms with Gasteiger partial charge in [-0.1, -0.05) is 29.8 Å². The van der Waals surface area contributed by atoms with Crippen molar-refractivity contribution in [3.05, 3.63) is 35.4 Å². The molecule has 1 aromatic rings. The molecule has 1 aliphatic heterocycles. The third-order valence-electron chi connectivity index (χ3n) is 3.15. The molecule has 0 saturated carbocycles. The van der Waals surface area contributed by atoms with E-state index in [0.717, 1.165) is 5.56 Å². The number of amides is 1. The molecule has 92 valence electrons. The van der Waals surface area contributed by atoms with Gasteiger partial charge < -0.3 is 9.64 Å². The molecule has 0 unspecified atom stereocenters. The Morgan fingerprint density at radius 2 is 1.94 bits per heavy atom. The van der Waals surface area contributed by atoms with Gasteiger partial charge in [-0.2, -0.15) is 0 Å². The highest BCUT2D eigenvalue weighted by Crippen LogP contribution is 2.25. The summed E-state index contributed by atoms with van der Waals surface area (Å²) in [5, 5.41) is 0. The van der Waals surface area contributed by atoms with Gasteiger partial charge in [-0.05, 0) is 19.4 Å². The third kappa shape index (κ3) is 2.86. The second-order valence-electron chi connectivity index (χ2n) is 4.77. The highest BCUT2D eigenvalue weighted by molar-refractivity contribution is 5.73. The van der Waals surface area contributed by atoms with Crippen LogP contribution in [0.5, 0.6) is 0 Å². The number of ether oxygens (including phenoxy) is 1. The molecule has 2 atom stereocenters. The van der Waals surface area contributed by atoms with Crippen molar-refractivity contribution >= 4 is 5.91 Å². The van der Waals surface area contributed by atoms with Crippen LogP contribution >= 0.6 is 0 Å². The fourth-order valence-electron chi connectivity index (χ4n) is 2.17. The quantitative estimate of drug-likeness (QED) is 0.745. The predicted octanol–water partition coefficient (Wildman–Crippen LogP) is 2.30. The van der Waals surface area contributed by atoms with Crippen molar-refractivity contribution in [1.82, 2.24) is 4.90 Å². The van der Waals surface area contributed by atoms with Crippen molar-refractivity contribution in [2.24, 2.45) is 0 Å². The van der Waals surface area contributed by atoms with E-state index in [1.54, 1.807) is 6.92 Å². The number of hydrogen-bond donors (Lipinski definition) is 0. The van der Waals surface area contributed by atoms with E-state index < -0.39 is 0 Å². The predicted molar refractivity (Wildman–Crippen MR) is 66.7 cm³/mol. The molecule has 0 radical (unpaired) electrons. The molecule has 2 rings (SSSR count). The zero-order valence-electron chi connectivity index (χ0n) is 10.6. The summed E-state index contributed by atoms with van der Waals surface area (Å²) in [7, 11) is 0. The van der Waals surface area contributed by atoms with Gasteiger partial charge in [0, 0.05) is 13.5 Å². The number of nitrogens with zero attached hydrogens (tertiary/aromatic N) is 1. The van der Waals surface area contributed by atoms with Crippen LogP contribution in [0.2, 0.25) is 0 Å². The van der Waals surface area contributed by atoms with Crippen LogP contribution in [-0.4, -0.2) is 30.0 Å². The van der Waals surface area contributed by atoms with E-state index in [2.05, 4.69) is 31.2 Å². The summed E-state index contributed by atoms with van der Waals surface area (Å²) in [6, 6.07) is 8.32. The standard InChI is InChI=1S/C14H19NO2/c1-10-4-6-13(7-5-10)14-9-15(12(3)16)8-11(2)17-14/h4-7,11,14H,8-9H2,1-3H3/t11-,14-/m1/s1. The van der Waals surface area contributed by atoms with Gasteiger partial charge in [0.15, 0.2) is 0 Å². The molecule has 1 aromatic carbocycles. The van der Waals surface area contributed by atoms with Gasteiger partial charge in [0.05, 0.1) is 12.6 Å². The molecule has 0 aromatic heterocycles. The van der Waals surface area contributed by atoms with Gasteiger partial charge in [-0.25, -0.2) is 0 Å². The summed E-state index contributed by atoms with van der Waals surface area (Å²) < 4.78 is 5.90. The molecule has 0 bridgehead atoms. The summed E-state index contributed by atoms with van der Waals surface area (Å²) in [6.45, 7) is 7.04. The molecule has 3 nitrogen and oxygen atoms in total. The molecule has 0 spiro atoms. The van der Waals surface area contributed by atoms with Crippen LogP contribution in [0.25, 0.3) is 0 Å². The average Bonchev–Trinajstić information content (AvgIpc) is 2.29. The lowest BCUT2D eigenvalue weighted by Gasteiger charge is -2.36. The Kier molecular flexibility index (Phi) is 3.48. The Labute approximate surface area is 102 Å². The molecule has 17 heavy (non-hydrogen) atoms. The maximum absolute atomic E-state index is 11.4. The Morgan fingerprint density at radius 3 is 2.53 bits per heavy atom. The summed E-state index contributed by atoms with van der Waals surface area (Å²) in [5.74, 6) is 0.122. The number of rotatable bonds is 1. The summed E-state index contributed by atoms with van der Waals surface area (Å²) in [5.41, 5.74) is 2.38. The molecule has 3 heteroatoms. The van der Waals surface area contributed by atoms with Crippen LogP contribution < -0.4 is 0 Å². The van der Waals surface area contributed by atoms with Crippen molar-refractivity contribution in [2.45, 2.75) is 33.0 Å². The van der Waals surface area contributed by atoms with Gasteiger partial charge in [0.1, 0.15) is 6.10 Å². The maximum atomic E-state index is 11.4. The van der Waals surface area contributed by atoms with Crippen molar-refractivity contribution in [3.63, 3.8) is 0 Å². The summed E-state index contributed by atoms with van der Waals surface area (Å²) >= 11 is 0. The van der Waals surface area contributed by atoms with Crippen molar-refractivity contribution < 1.29 is 9.53 Å². The zero-order valence-corrected chi connectivity index (χ0v) is 10.6. The Bertz CT molecular complexity index is 399. The Balaban J connectivity index is 2.15. The molecule has 1 heterocycles. The number of hydrogen-bond acceptors (Lipinski definition) is 2. The SMILES string of the molecule is CC(=O)N1C[C@@H](C)O[C@@H](c2ccc(C)cc2)C1. The van der Waals surface area contributed by atoms with E-state index in [4.69, 9.17) is 4.74 Å². The molecular weight excluding hydrogens is 214 g/mol. The minimum atomic E-state index is 0.00301. The first kappa shape index (κ1) is 12.1. The fourth-order valence-corrected chi connectivity index (χ4v) is 2.17. The molecule has 1 amide bonds. The third-order valence-corrected chi connectivity index (χ3v) is 3.15. The lowest BCUT2D eigenvalue weighted by molar-refractivity contribution is -0.142. The average molecular weight is 233 g/mol. The largest absolute Gasteiger partial charge is 0.367 e. The maximum Gasteiger partial charge on any atom is 0.219 e. The number of carbonyl (C=O) groups excluding carboxylic acids is 1.